The Bertz CT molecular complexity index is 243. The van der Waals surface area contributed by atoms with Crippen molar-refractivity contribution >= 4 is 5.91 Å². The molecule has 0 aromatic heterocycles. The summed E-state index contributed by atoms with van der Waals surface area (Å²) >= 11 is 0. The van der Waals surface area contributed by atoms with Gasteiger partial charge in [-0.2, -0.15) is 0 Å². The molecule has 100 valence electrons. The topological polar surface area (TPSA) is 35.6 Å². The van der Waals surface area contributed by atoms with Gasteiger partial charge in [-0.25, -0.2) is 0 Å². The van der Waals surface area contributed by atoms with Gasteiger partial charge in [-0.3, -0.25) is 10.1 Å². The van der Waals surface area contributed by atoms with Crippen molar-refractivity contribution in [2.75, 3.05) is 27.2 Å². The summed E-state index contributed by atoms with van der Waals surface area (Å²) in [7, 11) is 4.13. The van der Waals surface area contributed by atoms with Gasteiger partial charge in [0.15, 0.2) is 0 Å². The summed E-state index contributed by atoms with van der Waals surface area (Å²) in [5.74, 6) is 0.296. The summed E-state index contributed by atoms with van der Waals surface area (Å²) in [6.45, 7) is 6.15. The summed E-state index contributed by atoms with van der Waals surface area (Å²) in [5, 5.41) is 3.39. The molecule has 0 aromatic rings. The van der Waals surface area contributed by atoms with E-state index in [2.05, 4.69) is 38.2 Å². The van der Waals surface area contributed by atoms with Crippen LogP contribution in [0.1, 0.15) is 39.5 Å². The molecule has 1 aliphatic heterocycles. The number of unbranched alkanes of at least 4 members (excludes halogenated alkanes) is 1. The van der Waals surface area contributed by atoms with Crippen LogP contribution in [0.2, 0.25) is 0 Å². The molecule has 1 saturated heterocycles. The van der Waals surface area contributed by atoms with Crippen molar-refractivity contribution in [3.05, 3.63) is 0 Å². The SMILES string of the molecule is CCCCC1NC(C)N(CCCN(C)C)C1=O. The van der Waals surface area contributed by atoms with Crippen LogP contribution in [0.3, 0.4) is 0 Å². The van der Waals surface area contributed by atoms with Crippen LogP contribution in [0, 0.1) is 0 Å². The molecule has 1 fully saturated rings. The molecule has 17 heavy (non-hydrogen) atoms. The van der Waals surface area contributed by atoms with Gasteiger partial charge in [0.05, 0.1) is 12.2 Å². The Morgan fingerprint density at radius 1 is 1.35 bits per heavy atom. The van der Waals surface area contributed by atoms with Crippen molar-refractivity contribution in [1.82, 2.24) is 15.1 Å². The molecule has 2 unspecified atom stereocenters. The van der Waals surface area contributed by atoms with Crippen molar-refractivity contribution in [1.29, 1.82) is 0 Å². The van der Waals surface area contributed by atoms with Crippen LogP contribution < -0.4 is 5.32 Å². The van der Waals surface area contributed by atoms with Gasteiger partial charge in [-0.15, -0.1) is 0 Å². The normalized spacial score (nSPS) is 25.0. The predicted molar refractivity (Wildman–Crippen MR) is 70.8 cm³/mol. The smallest absolute Gasteiger partial charge is 0.241 e. The molecule has 0 bridgehead atoms. The molecule has 0 aromatic carbocycles. The number of carbonyl (C=O) groups excluding carboxylic acids is 1. The van der Waals surface area contributed by atoms with Gasteiger partial charge in [0, 0.05) is 6.54 Å². The lowest BCUT2D eigenvalue weighted by atomic mass is 10.1. The quantitative estimate of drug-likeness (QED) is 0.729. The molecule has 1 rings (SSSR count). The number of rotatable bonds is 7. The van der Waals surface area contributed by atoms with Crippen molar-refractivity contribution in [3.8, 4) is 0 Å². The zero-order valence-corrected chi connectivity index (χ0v) is 11.7. The lowest BCUT2D eigenvalue weighted by Crippen LogP contribution is -2.36. The Kier molecular flexibility index (Phi) is 5.92. The summed E-state index contributed by atoms with van der Waals surface area (Å²) in [4.78, 5) is 16.3. The average Bonchev–Trinajstić information content (AvgIpc) is 2.53. The highest BCUT2D eigenvalue weighted by Gasteiger charge is 2.35. The van der Waals surface area contributed by atoms with Gasteiger partial charge in [-0.1, -0.05) is 19.8 Å². The molecule has 1 heterocycles. The number of hydrogen-bond acceptors (Lipinski definition) is 3. The van der Waals surface area contributed by atoms with Crippen LogP contribution in [0.4, 0.5) is 0 Å². The second-order valence-electron chi connectivity index (χ2n) is 5.23. The molecule has 4 nitrogen and oxygen atoms in total. The minimum Gasteiger partial charge on any atom is -0.326 e. The van der Waals surface area contributed by atoms with Crippen LogP contribution in [0.5, 0.6) is 0 Å². The lowest BCUT2D eigenvalue weighted by Gasteiger charge is -2.21. The number of hydrogen-bond donors (Lipinski definition) is 1. The second-order valence-corrected chi connectivity index (χ2v) is 5.23. The molecule has 0 aliphatic carbocycles. The lowest BCUT2D eigenvalue weighted by molar-refractivity contribution is -0.130. The molecule has 0 spiro atoms. The van der Waals surface area contributed by atoms with Gasteiger partial charge < -0.3 is 9.80 Å². The van der Waals surface area contributed by atoms with Crippen LogP contribution in [0.15, 0.2) is 0 Å². The van der Waals surface area contributed by atoms with E-state index in [-0.39, 0.29) is 12.2 Å². The first-order chi connectivity index (χ1) is 8.06. The molecule has 0 saturated carbocycles. The van der Waals surface area contributed by atoms with Gasteiger partial charge in [0.1, 0.15) is 0 Å². The average molecular weight is 241 g/mol. The third-order valence-electron chi connectivity index (χ3n) is 3.34. The van der Waals surface area contributed by atoms with E-state index in [0.717, 1.165) is 38.8 Å². The van der Waals surface area contributed by atoms with Crippen LogP contribution in [-0.2, 0) is 4.79 Å². The Morgan fingerprint density at radius 2 is 2.06 bits per heavy atom. The van der Waals surface area contributed by atoms with Gasteiger partial charge in [0.25, 0.3) is 0 Å². The first-order valence-electron chi connectivity index (χ1n) is 6.77. The highest BCUT2D eigenvalue weighted by atomic mass is 16.2. The molecule has 0 radical (unpaired) electrons. The Hall–Kier alpha value is -0.610. The monoisotopic (exact) mass is 241 g/mol. The van der Waals surface area contributed by atoms with Gasteiger partial charge in [-0.05, 0) is 40.4 Å². The maximum absolute atomic E-state index is 12.1. The minimum absolute atomic E-state index is 0.0595. The first kappa shape index (κ1) is 14.5. The van der Waals surface area contributed by atoms with Crippen molar-refractivity contribution < 1.29 is 4.79 Å². The number of carbonyl (C=O) groups is 1. The fraction of sp³-hybridized carbons (Fsp3) is 0.923. The first-order valence-corrected chi connectivity index (χ1v) is 6.77. The zero-order chi connectivity index (χ0) is 12.8. The van der Waals surface area contributed by atoms with E-state index in [0.29, 0.717) is 5.91 Å². The van der Waals surface area contributed by atoms with Crippen LogP contribution in [-0.4, -0.2) is 55.1 Å². The van der Waals surface area contributed by atoms with E-state index in [1.165, 1.54) is 0 Å². The summed E-state index contributed by atoms with van der Waals surface area (Å²) in [6, 6.07) is 0.0595. The maximum atomic E-state index is 12.1. The highest BCUT2D eigenvalue weighted by Crippen LogP contribution is 2.15. The minimum atomic E-state index is 0.0595. The molecule has 1 amide bonds. The fourth-order valence-corrected chi connectivity index (χ4v) is 2.32. The zero-order valence-electron chi connectivity index (χ0n) is 11.7. The summed E-state index contributed by atoms with van der Waals surface area (Å²) in [6.07, 6.45) is 4.50. The third kappa shape index (κ3) is 4.28. The highest BCUT2D eigenvalue weighted by molar-refractivity contribution is 5.84. The Balaban J connectivity index is 2.37. The van der Waals surface area contributed by atoms with E-state index in [1.807, 2.05) is 4.90 Å². The second kappa shape index (κ2) is 6.97. The van der Waals surface area contributed by atoms with Gasteiger partial charge >= 0.3 is 0 Å². The fourth-order valence-electron chi connectivity index (χ4n) is 2.32. The Labute approximate surface area is 105 Å². The van der Waals surface area contributed by atoms with E-state index >= 15 is 0 Å². The third-order valence-corrected chi connectivity index (χ3v) is 3.34. The summed E-state index contributed by atoms with van der Waals surface area (Å²) in [5.41, 5.74) is 0. The van der Waals surface area contributed by atoms with E-state index in [1.54, 1.807) is 0 Å². The van der Waals surface area contributed by atoms with Crippen LogP contribution >= 0.6 is 0 Å². The van der Waals surface area contributed by atoms with E-state index in [9.17, 15) is 4.79 Å². The number of nitrogens with one attached hydrogen (secondary N) is 1. The molecule has 2 atom stereocenters. The van der Waals surface area contributed by atoms with Crippen molar-refractivity contribution in [2.45, 2.75) is 51.7 Å². The number of amides is 1. The predicted octanol–water partition coefficient (Wildman–Crippen LogP) is 1.27. The number of nitrogens with zero attached hydrogens (tertiary/aromatic N) is 2. The summed E-state index contributed by atoms with van der Waals surface area (Å²) < 4.78 is 0. The largest absolute Gasteiger partial charge is 0.326 e. The van der Waals surface area contributed by atoms with Gasteiger partial charge in [0.2, 0.25) is 5.91 Å². The van der Waals surface area contributed by atoms with E-state index < -0.39 is 0 Å². The molecule has 1 N–H and O–H groups in total. The molecule has 1 aliphatic rings. The Morgan fingerprint density at radius 3 is 2.65 bits per heavy atom. The molecular formula is C13H27N3O. The van der Waals surface area contributed by atoms with Crippen molar-refractivity contribution in [2.24, 2.45) is 0 Å². The van der Waals surface area contributed by atoms with Crippen LogP contribution in [0.25, 0.3) is 0 Å². The van der Waals surface area contributed by atoms with E-state index in [4.69, 9.17) is 0 Å². The molecule has 4 heteroatoms. The maximum Gasteiger partial charge on any atom is 0.241 e. The van der Waals surface area contributed by atoms with Crippen molar-refractivity contribution in [3.63, 3.8) is 0 Å². The standard InChI is InChI=1S/C13H27N3O/c1-5-6-8-12-13(17)16(11(2)14-12)10-7-9-15(3)4/h11-12,14H,5-10H2,1-4H3. The molecular weight excluding hydrogens is 214 g/mol.